The minimum Gasteiger partial charge on any atom is -0.355 e. The SMILES string of the molecule is Cc1cccc(CNC2CCCCNC2=O)n1. The minimum absolute atomic E-state index is 0.0696. The van der Waals surface area contributed by atoms with Crippen LogP contribution >= 0.6 is 0 Å². The Labute approximate surface area is 102 Å². The molecule has 1 unspecified atom stereocenters. The predicted octanol–water partition coefficient (Wildman–Crippen LogP) is 1.15. The van der Waals surface area contributed by atoms with Crippen LogP contribution in [0.2, 0.25) is 0 Å². The van der Waals surface area contributed by atoms with Crippen LogP contribution in [0, 0.1) is 6.92 Å². The lowest BCUT2D eigenvalue weighted by molar-refractivity contribution is -0.122. The van der Waals surface area contributed by atoms with E-state index in [-0.39, 0.29) is 11.9 Å². The van der Waals surface area contributed by atoms with Crippen LogP contribution in [0.1, 0.15) is 30.7 Å². The Hall–Kier alpha value is -1.42. The molecule has 0 aromatic carbocycles. The molecule has 1 aromatic rings. The molecule has 2 heterocycles. The van der Waals surface area contributed by atoms with Crippen LogP contribution in [-0.2, 0) is 11.3 Å². The Bertz CT molecular complexity index is 392. The molecule has 1 aliphatic heterocycles. The van der Waals surface area contributed by atoms with E-state index < -0.39 is 0 Å². The Balaban J connectivity index is 1.90. The van der Waals surface area contributed by atoms with Crippen LogP contribution in [0.5, 0.6) is 0 Å². The second-order valence-corrected chi connectivity index (χ2v) is 4.49. The van der Waals surface area contributed by atoms with Crippen LogP contribution in [-0.4, -0.2) is 23.5 Å². The molecule has 0 saturated carbocycles. The maximum atomic E-state index is 11.7. The van der Waals surface area contributed by atoms with Crippen LogP contribution in [0.25, 0.3) is 0 Å². The summed E-state index contributed by atoms with van der Waals surface area (Å²) in [5.74, 6) is 0.121. The Morgan fingerprint density at radius 1 is 1.47 bits per heavy atom. The van der Waals surface area contributed by atoms with E-state index in [0.717, 1.165) is 37.2 Å². The average Bonchev–Trinajstić information content (AvgIpc) is 2.52. The van der Waals surface area contributed by atoms with Crippen molar-refractivity contribution in [3.8, 4) is 0 Å². The van der Waals surface area contributed by atoms with Crippen LogP contribution < -0.4 is 10.6 Å². The summed E-state index contributed by atoms with van der Waals surface area (Å²) >= 11 is 0. The lowest BCUT2D eigenvalue weighted by Gasteiger charge is -2.14. The quantitative estimate of drug-likeness (QED) is 0.823. The first-order chi connectivity index (χ1) is 8.25. The zero-order valence-electron chi connectivity index (χ0n) is 10.2. The molecular weight excluding hydrogens is 214 g/mol. The van der Waals surface area contributed by atoms with E-state index in [1.54, 1.807) is 0 Å². The van der Waals surface area contributed by atoms with Gasteiger partial charge in [-0.2, -0.15) is 0 Å². The Morgan fingerprint density at radius 2 is 2.35 bits per heavy atom. The summed E-state index contributed by atoms with van der Waals surface area (Å²) in [6.45, 7) is 3.43. The first-order valence-electron chi connectivity index (χ1n) is 6.19. The van der Waals surface area contributed by atoms with Gasteiger partial charge in [-0.1, -0.05) is 6.07 Å². The van der Waals surface area contributed by atoms with Gasteiger partial charge in [0.1, 0.15) is 0 Å². The molecule has 4 heteroatoms. The summed E-state index contributed by atoms with van der Waals surface area (Å²) < 4.78 is 0. The standard InChI is InChI=1S/C13H19N3O/c1-10-5-4-6-11(16-10)9-15-12-7-2-3-8-14-13(12)17/h4-6,12,15H,2-3,7-9H2,1H3,(H,14,17). The highest BCUT2D eigenvalue weighted by atomic mass is 16.2. The van der Waals surface area contributed by atoms with Gasteiger partial charge in [0.2, 0.25) is 5.91 Å². The highest BCUT2D eigenvalue weighted by Gasteiger charge is 2.19. The fraction of sp³-hybridized carbons (Fsp3) is 0.538. The molecule has 92 valence electrons. The third-order valence-corrected chi connectivity index (χ3v) is 3.01. The molecule has 1 fully saturated rings. The number of aryl methyl sites for hydroxylation is 1. The lowest BCUT2D eigenvalue weighted by atomic mass is 10.1. The number of carbonyl (C=O) groups is 1. The summed E-state index contributed by atoms with van der Waals surface area (Å²) in [6.07, 6.45) is 3.09. The highest BCUT2D eigenvalue weighted by molar-refractivity contribution is 5.81. The summed E-state index contributed by atoms with van der Waals surface area (Å²) in [7, 11) is 0. The lowest BCUT2D eigenvalue weighted by Crippen LogP contribution is -2.42. The average molecular weight is 233 g/mol. The van der Waals surface area contributed by atoms with Crippen molar-refractivity contribution in [2.24, 2.45) is 0 Å². The monoisotopic (exact) mass is 233 g/mol. The van der Waals surface area contributed by atoms with Crippen molar-refractivity contribution in [2.45, 2.75) is 38.8 Å². The molecule has 0 bridgehead atoms. The zero-order valence-corrected chi connectivity index (χ0v) is 10.2. The Morgan fingerprint density at radius 3 is 3.18 bits per heavy atom. The molecular formula is C13H19N3O. The molecule has 0 aliphatic carbocycles. The maximum absolute atomic E-state index is 11.7. The third kappa shape index (κ3) is 3.53. The van der Waals surface area contributed by atoms with E-state index in [4.69, 9.17) is 0 Å². The van der Waals surface area contributed by atoms with Crippen molar-refractivity contribution < 1.29 is 4.79 Å². The maximum Gasteiger partial charge on any atom is 0.237 e. The molecule has 0 spiro atoms. The number of amides is 1. The van der Waals surface area contributed by atoms with Crippen molar-refractivity contribution in [1.82, 2.24) is 15.6 Å². The summed E-state index contributed by atoms with van der Waals surface area (Å²) in [4.78, 5) is 16.1. The molecule has 4 nitrogen and oxygen atoms in total. The molecule has 2 rings (SSSR count). The topological polar surface area (TPSA) is 54.0 Å². The number of hydrogen-bond donors (Lipinski definition) is 2. The molecule has 1 aliphatic rings. The van der Waals surface area contributed by atoms with Crippen LogP contribution in [0.15, 0.2) is 18.2 Å². The number of nitrogens with one attached hydrogen (secondary N) is 2. The molecule has 1 aromatic heterocycles. The van der Waals surface area contributed by atoms with Gasteiger partial charge in [-0.05, 0) is 38.3 Å². The van der Waals surface area contributed by atoms with Crippen molar-refractivity contribution in [2.75, 3.05) is 6.54 Å². The fourth-order valence-electron chi connectivity index (χ4n) is 2.06. The van der Waals surface area contributed by atoms with Crippen LogP contribution in [0.3, 0.4) is 0 Å². The van der Waals surface area contributed by atoms with Gasteiger partial charge >= 0.3 is 0 Å². The molecule has 2 N–H and O–H groups in total. The van der Waals surface area contributed by atoms with Gasteiger partial charge in [-0.15, -0.1) is 0 Å². The number of rotatable bonds is 3. The number of carbonyl (C=O) groups excluding carboxylic acids is 1. The number of hydrogen-bond acceptors (Lipinski definition) is 3. The second kappa shape index (κ2) is 5.77. The van der Waals surface area contributed by atoms with Gasteiger partial charge in [-0.25, -0.2) is 0 Å². The van der Waals surface area contributed by atoms with E-state index in [0.29, 0.717) is 6.54 Å². The number of pyridine rings is 1. The van der Waals surface area contributed by atoms with Crippen molar-refractivity contribution >= 4 is 5.91 Å². The van der Waals surface area contributed by atoms with Gasteiger partial charge in [0.05, 0.1) is 11.7 Å². The van der Waals surface area contributed by atoms with Crippen molar-refractivity contribution in [3.05, 3.63) is 29.6 Å². The van der Waals surface area contributed by atoms with E-state index >= 15 is 0 Å². The molecule has 0 radical (unpaired) electrons. The molecule has 1 saturated heterocycles. The predicted molar refractivity (Wildman–Crippen MR) is 66.5 cm³/mol. The van der Waals surface area contributed by atoms with Gasteiger partial charge in [0, 0.05) is 18.8 Å². The summed E-state index contributed by atoms with van der Waals surface area (Å²) in [6, 6.07) is 5.88. The molecule has 17 heavy (non-hydrogen) atoms. The van der Waals surface area contributed by atoms with Crippen molar-refractivity contribution in [1.29, 1.82) is 0 Å². The fourth-order valence-corrected chi connectivity index (χ4v) is 2.06. The van der Waals surface area contributed by atoms with Gasteiger partial charge in [-0.3, -0.25) is 9.78 Å². The normalized spacial score (nSPS) is 20.8. The summed E-state index contributed by atoms with van der Waals surface area (Å²) in [5, 5.41) is 6.20. The minimum atomic E-state index is -0.0696. The van der Waals surface area contributed by atoms with E-state index in [1.807, 2.05) is 25.1 Å². The van der Waals surface area contributed by atoms with Gasteiger partial charge in [0.25, 0.3) is 0 Å². The van der Waals surface area contributed by atoms with Crippen LogP contribution in [0.4, 0.5) is 0 Å². The van der Waals surface area contributed by atoms with Gasteiger partial charge in [0.15, 0.2) is 0 Å². The Kier molecular flexibility index (Phi) is 4.09. The first kappa shape index (κ1) is 12.0. The van der Waals surface area contributed by atoms with Crippen molar-refractivity contribution in [3.63, 3.8) is 0 Å². The first-order valence-corrected chi connectivity index (χ1v) is 6.19. The van der Waals surface area contributed by atoms with E-state index in [1.165, 1.54) is 0 Å². The van der Waals surface area contributed by atoms with Gasteiger partial charge < -0.3 is 10.6 Å². The smallest absolute Gasteiger partial charge is 0.237 e. The van der Waals surface area contributed by atoms with E-state index in [2.05, 4.69) is 15.6 Å². The number of nitrogens with zero attached hydrogens (tertiary/aromatic N) is 1. The third-order valence-electron chi connectivity index (χ3n) is 3.01. The zero-order chi connectivity index (χ0) is 12.1. The van der Waals surface area contributed by atoms with E-state index in [9.17, 15) is 4.79 Å². The summed E-state index contributed by atoms with van der Waals surface area (Å²) in [5.41, 5.74) is 2.00. The molecule has 1 amide bonds. The highest BCUT2D eigenvalue weighted by Crippen LogP contribution is 2.06. The number of aromatic nitrogens is 1. The second-order valence-electron chi connectivity index (χ2n) is 4.49. The largest absolute Gasteiger partial charge is 0.355 e. The molecule has 1 atom stereocenters.